The first-order valence-electron chi connectivity index (χ1n) is 10.8. The number of fused-ring (bicyclic) bond motifs is 5. The average Bonchev–Trinajstić information content (AvgIpc) is 3.46. The number of rotatable bonds is 3. The number of nitrogens with zero attached hydrogens (tertiary/aromatic N) is 2. The Morgan fingerprint density at radius 1 is 1.22 bits per heavy atom. The summed E-state index contributed by atoms with van der Waals surface area (Å²) in [6.45, 7) is 6.80. The molecule has 0 radical (unpaired) electrons. The van der Waals surface area contributed by atoms with Crippen LogP contribution in [0.2, 0.25) is 0 Å². The molecule has 2 aromatic heterocycles. The predicted octanol–water partition coefficient (Wildman–Crippen LogP) is 5.12. The van der Waals surface area contributed by atoms with Crippen molar-refractivity contribution in [1.29, 1.82) is 0 Å². The van der Waals surface area contributed by atoms with Gasteiger partial charge in [0.1, 0.15) is 5.52 Å². The molecule has 4 aromatic rings. The molecule has 0 aliphatic carbocycles. The van der Waals surface area contributed by atoms with Crippen LogP contribution in [-0.2, 0) is 17.7 Å². The Labute approximate surface area is 184 Å². The van der Waals surface area contributed by atoms with Crippen molar-refractivity contribution in [2.75, 3.05) is 6.61 Å². The van der Waals surface area contributed by atoms with Crippen LogP contribution in [0.15, 0.2) is 41.1 Å². The quantitative estimate of drug-likeness (QED) is 0.420. The molecule has 1 atom stereocenters. The zero-order valence-electron chi connectivity index (χ0n) is 18.1. The van der Waals surface area contributed by atoms with Crippen molar-refractivity contribution in [2.24, 2.45) is 0 Å². The van der Waals surface area contributed by atoms with Gasteiger partial charge in [0, 0.05) is 30.3 Å². The molecule has 0 fully saturated rings. The molecular formula is C25H22N2O5. The van der Waals surface area contributed by atoms with Crippen molar-refractivity contribution in [3.8, 4) is 33.9 Å². The Bertz CT molecular complexity index is 1400. The van der Waals surface area contributed by atoms with Crippen molar-refractivity contribution in [2.45, 2.75) is 40.0 Å². The Kier molecular flexibility index (Phi) is 4.08. The highest BCUT2D eigenvalue weighted by molar-refractivity contribution is 6.06. The number of carbonyl (C=O) groups excluding carboxylic acids is 1. The number of hydrogen-bond donors (Lipinski definition) is 0. The first-order valence-corrected chi connectivity index (χ1v) is 10.8. The highest BCUT2D eigenvalue weighted by Crippen LogP contribution is 2.47. The first kappa shape index (κ1) is 19.0. The SMILES string of the molecule is CCOC(=O)c1c(-c2ccc3ncoc3c2)c(C)n2c1-c1cc3c(cc1CC2)OC(C)O3. The Morgan fingerprint density at radius 3 is 2.84 bits per heavy atom. The third-order valence-corrected chi connectivity index (χ3v) is 6.24. The zero-order chi connectivity index (χ0) is 22.0. The van der Waals surface area contributed by atoms with Crippen molar-refractivity contribution >= 4 is 17.1 Å². The lowest BCUT2D eigenvalue weighted by molar-refractivity contribution is 0.0527. The van der Waals surface area contributed by atoms with Gasteiger partial charge < -0.3 is 23.2 Å². The van der Waals surface area contributed by atoms with E-state index in [0.717, 1.165) is 57.9 Å². The lowest BCUT2D eigenvalue weighted by Crippen LogP contribution is -2.14. The van der Waals surface area contributed by atoms with E-state index < -0.39 is 0 Å². The van der Waals surface area contributed by atoms with Crippen LogP contribution < -0.4 is 9.47 Å². The van der Waals surface area contributed by atoms with E-state index in [1.54, 1.807) is 0 Å². The fourth-order valence-electron chi connectivity index (χ4n) is 4.89. The molecule has 0 saturated carbocycles. The van der Waals surface area contributed by atoms with E-state index in [1.165, 1.54) is 6.39 Å². The minimum atomic E-state index is -0.337. The highest BCUT2D eigenvalue weighted by atomic mass is 16.7. The minimum absolute atomic E-state index is 0.300. The normalized spacial score (nSPS) is 16.2. The standard InChI is InChI=1S/C25H22N2O5/c1-4-29-25(28)23-22(16-5-6-18-19(10-16)30-12-26-18)13(2)27-8-7-15-9-20-21(32-14(3)31-20)11-17(15)24(23)27/h5-6,9-12,14H,4,7-8H2,1-3H3. The van der Waals surface area contributed by atoms with Gasteiger partial charge in [-0.3, -0.25) is 0 Å². The van der Waals surface area contributed by atoms with Crippen LogP contribution in [0.5, 0.6) is 11.5 Å². The molecule has 1 unspecified atom stereocenters. The molecule has 32 heavy (non-hydrogen) atoms. The molecule has 0 bridgehead atoms. The number of esters is 1. The van der Waals surface area contributed by atoms with Crippen LogP contribution in [-0.4, -0.2) is 28.4 Å². The fourth-order valence-corrected chi connectivity index (χ4v) is 4.89. The molecule has 0 saturated heterocycles. The van der Waals surface area contributed by atoms with Gasteiger partial charge in [-0.1, -0.05) is 6.07 Å². The number of benzene rings is 2. The van der Waals surface area contributed by atoms with Crippen molar-refractivity contribution in [3.05, 3.63) is 53.5 Å². The summed E-state index contributed by atoms with van der Waals surface area (Å²) in [4.78, 5) is 17.5. The summed E-state index contributed by atoms with van der Waals surface area (Å²) in [6, 6.07) is 9.85. The molecule has 0 spiro atoms. The maximum atomic E-state index is 13.3. The molecular weight excluding hydrogens is 408 g/mol. The molecule has 2 aromatic carbocycles. The van der Waals surface area contributed by atoms with Crippen molar-refractivity contribution in [1.82, 2.24) is 9.55 Å². The van der Waals surface area contributed by atoms with Gasteiger partial charge in [-0.15, -0.1) is 0 Å². The van der Waals surface area contributed by atoms with Gasteiger partial charge in [-0.25, -0.2) is 9.78 Å². The fraction of sp³-hybridized carbons (Fsp3) is 0.280. The summed E-state index contributed by atoms with van der Waals surface area (Å²) in [5, 5.41) is 0. The zero-order valence-corrected chi connectivity index (χ0v) is 18.1. The summed E-state index contributed by atoms with van der Waals surface area (Å²) in [6.07, 6.45) is 1.94. The summed E-state index contributed by atoms with van der Waals surface area (Å²) in [5.41, 5.74) is 7.76. The Morgan fingerprint density at radius 2 is 2.03 bits per heavy atom. The second-order valence-electron chi connectivity index (χ2n) is 8.10. The molecule has 6 rings (SSSR count). The number of aromatic nitrogens is 2. The molecule has 2 aliphatic rings. The van der Waals surface area contributed by atoms with E-state index in [4.69, 9.17) is 18.6 Å². The molecule has 2 aliphatic heterocycles. The van der Waals surface area contributed by atoms with Crippen LogP contribution in [0.1, 0.15) is 35.5 Å². The Balaban J connectivity index is 1.62. The predicted molar refractivity (Wildman–Crippen MR) is 118 cm³/mol. The minimum Gasteiger partial charge on any atom is -0.462 e. The Hall–Kier alpha value is -3.74. The van der Waals surface area contributed by atoms with Gasteiger partial charge >= 0.3 is 5.97 Å². The van der Waals surface area contributed by atoms with Gasteiger partial charge in [0.15, 0.2) is 23.5 Å². The third-order valence-electron chi connectivity index (χ3n) is 6.24. The molecule has 7 heteroatoms. The summed E-state index contributed by atoms with van der Waals surface area (Å²) in [7, 11) is 0. The molecule has 0 N–H and O–H groups in total. The number of oxazole rings is 1. The van der Waals surface area contributed by atoms with E-state index in [-0.39, 0.29) is 12.3 Å². The maximum absolute atomic E-state index is 13.3. The van der Waals surface area contributed by atoms with Crippen LogP contribution in [0.3, 0.4) is 0 Å². The molecule has 162 valence electrons. The number of carbonyl (C=O) groups is 1. The average molecular weight is 430 g/mol. The van der Waals surface area contributed by atoms with Crippen LogP contribution in [0.25, 0.3) is 33.5 Å². The smallest absolute Gasteiger partial charge is 0.340 e. The number of hydrogen-bond acceptors (Lipinski definition) is 6. The number of ether oxygens (including phenoxy) is 3. The van der Waals surface area contributed by atoms with E-state index in [9.17, 15) is 4.79 Å². The van der Waals surface area contributed by atoms with E-state index in [1.807, 2.05) is 51.1 Å². The van der Waals surface area contributed by atoms with Crippen LogP contribution >= 0.6 is 0 Å². The lowest BCUT2D eigenvalue weighted by Gasteiger charge is -2.22. The largest absolute Gasteiger partial charge is 0.462 e. The lowest BCUT2D eigenvalue weighted by atomic mass is 9.93. The van der Waals surface area contributed by atoms with Crippen LogP contribution in [0.4, 0.5) is 0 Å². The molecule has 0 amide bonds. The summed E-state index contributed by atoms with van der Waals surface area (Å²) >= 11 is 0. The van der Waals surface area contributed by atoms with Crippen molar-refractivity contribution < 1.29 is 23.4 Å². The molecule has 4 heterocycles. The molecule has 7 nitrogen and oxygen atoms in total. The topological polar surface area (TPSA) is 75.7 Å². The second-order valence-corrected chi connectivity index (χ2v) is 8.10. The van der Waals surface area contributed by atoms with Gasteiger partial charge in [0.25, 0.3) is 0 Å². The van der Waals surface area contributed by atoms with E-state index in [2.05, 4.69) is 9.55 Å². The van der Waals surface area contributed by atoms with Gasteiger partial charge in [-0.2, -0.15) is 0 Å². The summed E-state index contributed by atoms with van der Waals surface area (Å²) in [5.74, 6) is 1.11. The van der Waals surface area contributed by atoms with Crippen LogP contribution in [0, 0.1) is 6.92 Å². The maximum Gasteiger partial charge on any atom is 0.340 e. The van der Waals surface area contributed by atoms with Gasteiger partial charge in [0.2, 0.25) is 6.29 Å². The van der Waals surface area contributed by atoms with Gasteiger partial charge in [0.05, 0.1) is 17.9 Å². The third kappa shape index (κ3) is 2.67. The number of aryl methyl sites for hydroxylation is 1. The van der Waals surface area contributed by atoms with Gasteiger partial charge in [-0.05, 0) is 55.7 Å². The monoisotopic (exact) mass is 430 g/mol. The highest BCUT2D eigenvalue weighted by Gasteiger charge is 2.33. The van der Waals surface area contributed by atoms with E-state index in [0.29, 0.717) is 23.5 Å². The van der Waals surface area contributed by atoms with E-state index >= 15 is 0 Å². The summed E-state index contributed by atoms with van der Waals surface area (Å²) < 4.78 is 24.9. The van der Waals surface area contributed by atoms with Crippen molar-refractivity contribution in [3.63, 3.8) is 0 Å². The first-order chi connectivity index (χ1) is 15.5. The second kappa shape index (κ2) is 6.88.